The average Bonchev–Trinajstić information content (AvgIpc) is 2.61. The van der Waals surface area contributed by atoms with Crippen LogP contribution in [0.3, 0.4) is 0 Å². The fourth-order valence-electron chi connectivity index (χ4n) is 2.62. The van der Waals surface area contributed by atoms with Crippen LogP contribution in [-0.4, -0.2) is 65.2 Å². The Bertz CT molecular complexity index is 684. The van der Waals surface area contributed by atoms with Gasteiger partial charge in [0.1, 0.15) is 0 Å². The Morgan fingerprint density at radius 1 is 1.32 bits per heavy atom. The molecule has 0 spiro atoms. The molecule has 13 heteroatoms. The number of rotatable bonds is 8. The minimum absolute atomic E-state index is 0.241. The maximum absolute atomic E-state index is 12.9. The molecule has 0 aliphatic carbocycles. The SMILES string of the molecule is CCCN(CCC)C(=O)[C@@H]1OC(C(=O)O)=C[C@H](N=[N+]=[N-])[C@H]1NC(=O)C(F)(F)F. The predicted molar refractivity (Wildman–Crippen MR) is 88.7 cm³/mol. The molecule has 156 valence electrons. The summed E-state index contributed by atoms with van der Waals surface area (Å²) in [5.41, 5.74) is 8.67. The van der Waals surface area contributed by atoms with Crippen LogP contribution in [0, 0.1) is 0 Å². The Balaban J connectivity index is 3.37. The smallest absolute Gasteiger partial charge is 0.471 e. The Labute approximate surface area is 157 Å². The van der Waals surface area contributed by atoms with Crippen molar-refractivity contribution < 1.29 is 37.4 Å². The normalized spacial score (nSPS) is 21.6. The number of hydrogen-bond donors (Lipinski definition) is 2. The lowest BCUT2D eigenvalue weighted by Gasteiger charge is -2.37. The summed E-state index contributed by atoms with van der Waals surface area (Å²) < 4.78 is 43.2. The molecular weight excluding hydrogens is 387 g/mol. The molecule has 0 fully saturated rings. The lowest BCUT2D eigenvalue weighted by Crippen LogP contribution is -2.60. The van der Waals surface area contributed by atoms with E-state index in [9.17, 15) is 27.6 Å². The Hall–Kier alpha value is -2.95. The number of hydrogen-bond acceptors (Lipinski definition) is 5. The van der Waals surface area contributed by atoms with E-state index in [2.05, 4.69) is 10.0 Å². The minimum atomic E-state index is -5.27. The van der Waals surface area contributed by atoms with Crippen LogP contribution in [0.5, 0.6) is 0 Å². The third-order valence-electron chi connectivity index (χ3n) is 3.76. The van der Waals surface area contributed by atoms with Crippen LogP contribution in [-0.2, 0) is 19.1 Å². The van der Waals surface area contributed by atoms with Gasteiger partial charge in [0.05, 0.1) is 12.1 Å². The molecule has 0 radical (unpaired) electrons. The van der Waals surface area contributed by atoms with Crippen LogP contribution in [0.25, 0.3) is 10.4 Å². The number of carbonyl (C=O) groups is 3. The number of halogens is 3. The van der Waals surface area contributed by atoms with E-state index in [0.29, 0.717) is 12.8 Å². The highest BCUT2D eigenvalue weighted by molar-refractivity contribution is 5.89. The molecule has 0 aromatic heterocycles. The fraction of sp³-hybridized carbons (Fsp3) is 0.667. The van der Waals surface area contributed by atoms with Crippen molar-refractivity contribution in [2.24, 2.45) is 5.11 Å². The molecule has 0 saturated carbocycles. The van der Waals surface area contributed by atoms with Crippen molar-refractivity contribution in [2.75, 3.05) is 13.1 Å². The third kappa shape index (κ3) is 5.78. The summed E-state index contributed by atoms with van der Waals surface area (Å²) in [5, 5.41) is 14.0. The van der Waals surface area contributed by atoms with E-state index in [1.54, 1.807) is 19.2 Å². The van der Waals surface area contributed by atoms with Crippen molar-refractivity contribution >= 4 is 17.8 Å². The first kappa shape index (κ1) is 23.1. The topological polar surface area (TPSA) is 145 Å². The van der Waals surface area contributed by atoms with Crippen LogP contribution in [0.4, 0.5) is 13.2 Å². The first-order valence-corrected chi connectivity index (χ1v) is 8.39. The second-order valence-corrected chi connectivity index (χ2v) is 5.89. The number of aliphatic carboxylic acids is 1. The van der Waals surface area contributed by atoms with E-state index in [1.165, 1.54) is 4.90 Å². The van der Waals surface area contributed by atoms with E-state index in [4.69, 9.17) is 15.4 Å². The predicted octanol–water partition coefficient (Wildman–Crippen LogP) is 1.73. The lowest BCUT2D eigenvalue weighted by molar-refractivity contribution is -0.176. The zero-order chi connectivity index (χ0) is 21.5. The van der Waals surface area contributed by atoms with E-state index in [-0.39, 0.29) is 13.1 Å². The molecule has 3 atom stereocenters. The average molecular weight is 407 g/mol. The summed E-state index contributed by atoms with van der Waals surface area (Å²) in [6, 6.07) is -3.31. The highest BCUT2D eigenvalue weighted by Crippen LogP contribution is 2.25. The summed E-state index contributed by atoms with van der Waals surface area (Å²) >= 11 is 0. The van der Waals surface area contributed by atoms with Crippen molar-refractivity contribution in [3.8, 4) is 0 Å². The van der Waals surface area contributed by atoms with Gasteiger partial charge in [0, 0.05) is 18.0 Å². The van der Waals surface area contributed by atoms with Gasteiger partial charge < -0.3 is 20.1 Å². The van der Waals surface area contributed by atoms with Crippen LogP contribution >= 0.6 is 0 Å². The van der Waals surface area contributed by atoms with Gasteiger partial charge in [-0.05, 0) is 24.4 Å². The van der Waals surface area contributed by atoms with Crippen molar-refractivity contribution in [1.29, 1.82) is 0 Å². The Morgan fingerprint density at radius 3 is 2.32 bits per heavy atom. The number of alkyl halides is 3. The number of amides is 2. The molecule has 28 heavy (non-hydrogen) atoms. The number of carboxylic acids is 1. The minimum Gasteiger partial charge on any atom is -0.475 e. The van der Waals surface area contributed by atoms with Gasteiger partial charge in [-0.15, -0.1) is 0 Å². The van der Waals surface area contributed by atoms with Crippen molar-refractivity contribution in [2.45, 2.75) is 51.1 Å². The van der Waals surface area contributed by atoms with Gasteiger partial charge >= 0.3 is 18.1 Å². The fourth-order valence-corrected chi connectivity index (χ4v) is 2.62. The number of ether oxygens (including phenoxy) is 1. The van der Waals surface area contributed by atoms with Gasteiger partial charge in [-0.1, -0.05) is 19.0 Å². The summed E-state index contributed by atoms with van der Waals surface area (Å²) in [6.45, 7) is 4.02. The number of nitrogens with zero attached hydrogens (tertiary/aromatic N) is 4. The molecule has 2 N–H and O–H groups in total. The van der Waals surface area contributed by atoms with E-state index in [0.717, 1.165) is 6.08 Å². The molecular formula is C15H20F3N5O5. The number of nitrogens with one attached hydrogen (secondary N) is 1. The first-order chi connectivity index (χ1) is 13.1. The maximum Gasteiger partial charge on any atom is 0.471 e. The van der Waals surface area contributed by atoms with Gasteiger partial charge in [-0.25, -0.2) is 4.79 Å². The second kappa shape index (κ2) is 9.83. The van der Waals surface area contributed by atoms with Gasteiger partial charge in [-0.2, -0.15) is 13.2 Å². The molecule has 1 rings (SSSR count). The van der Waals surface area contributed by atoms with Gasteiger partial charge in [0.25, 0.3) is 5.91 Å². The summed E-state index contributed by atoms with van der Waals surface area (Å²) in [7, 11) is 0. The highest BCUT2D eigenvalue weighted by atomic mass is 19.4. The molecule has 0 saturated heterocycles. The highest BCUT2D eigenvalue weighted by Gasteiger charge is 2.47. The molecule has 0 aromatic carbocycles. The van der Waals surface area contributed by atoms with E-state index in [1.807, 2.05) is 0 Å². The Morgan fingerprint density at radius 2 is 1.89 bits per heavy atom. The molecule has 1 heterocycles. The molecule has 0 bridgehead atoms. The largest absolute Gasteiger partial charge is 0.475 e. The van der Waals surface area contributed by atoms with Gasteiger partial charge in [0.15, 0.2) is 6.10 Å². The van der Waals surface area contributed by atoms with Crippen LogP contribution in [0.15, 0.2) is 16.9 Å². The molecule has 2 amide bonds. The standard InChI is InChI=1S/C15H20F3N5O5/c1-3-5-23(6-4-2)12(24)11-10(20-14(27)15(16,17)18)8(21-22-19)7-9(28-11)13(25)26/h7-8,10-11H,3-6H2,1-2H3,(H,20,27)(H,25,26)/t8-,10+,11+/m0/s1. The lowest BCUT2D eigenvalue weighted by atomic mass is 9.97. The molecule has 1 aliphatic rings. The maximum atomic E-state index is 12.9. The zero-order valence-electron chi connectivity index (χ0n) is 15.1. The molecule has 1 aliphatic heterocycles. The molecule has 10 nitrogen and oxygen atoms in total. The zero-order valence-corrected chi connectivity index (χ0v) is 15.1. The van der Waals surface area contributed by atoms with Gasteiger partial charge in [-0.3, -0.25) is 9.59 Å². The second-order valence-electron chi connectivity index (χ2n) is 5.89. The quantitative estimate of drug-likeness (QED) is 0.358. The first-order valence-electron chi connectivity index (χ1n) is 8.39. The summed E-state index contributed by atoms with van der Waals surface area (Å²) in [4.78, 5) is 39.3. The van der Waals surface area contributed by atoms with Crippen molar-refractivity contribution in [3.05, 3.63) is 22.3 Å². The van der Waals surface area contributed by atoms with E-state index >= 15 is 0 Å². The number of carbonyl (C=O) groups excluding carboxylic acids is 2. The van der Waals surface area contributed by atoms with Crippen molar-refractivity contribution in [3.63, 3.8) is 0 Å². The third-order valence-corrected chi connectivity index (χ3v) is 3.76. The van der Waals surface area contributed by atoms with Crippen LogP contribution < -0.4 is 5.32 Å². The van der Waals surface area contributed by atoms with E-state index < -0.39 is 47.9 Å². The monoisotopic (exact) mass is 407 g/mol. The Kier molecular flexibility index (Phi) is 8.11. The number of azide groups is 1. The molecule has 0 aromatic rings. The summed E-state index contributed by atoms with van der Waals surface area (Å²) in [6.07, 6.45) is -5.27. The summed E-state index contributed by atoms with van der Waals surface area (Å²) in [5.74, 6) is -5.56. The molecule has 0 unspecified atom stereocenters. The van der Waals surface area contributed by atoms with Crippen LogP contribution in [0.2, 0.25) is 0 Å². The van der Waals surface area contributed by atoms with Crippen molar-refractivity contribution in [1.82, 2.24) is 10.2 Å². The van der Waals surface area contributed by atoms with Crippen LogP contribution in [0.1, 0.15) is 26.7 Å². The number of carboxylic acid groups (broad SMARTS) is 1. The van der Waals surface area contributed by atoms with Gasteiger partial charge in [0.2, 0.25) is 5.76 Å².